The molecule has 1 amide bonds. The molecule has 0 unspecified atom stereocenters. The zero-order valence-electron chi connectivity index (χ0n) is 14.5. The zero-order chi connectivity index (χ0) is 17.6. The van der Waals surface area contributed by atoms with Gasteiger partial charge in [0.1, 0.15) is 11.4 Å². The second kappa shape index (κ2) is 8.02. The smallest absolute Gasteiger partial charge is 0.409 e. The predicted octanol–water partition coefficient (Wildman–Crippen LogP) is 2.67. The largest absolute Gasteiger partial charge is 0.497 e. The third kappa shape index (κ3) is 4.30. The topological polar surface area (TPSA) is 76.8 Å². The van der Waals surface area contributed by atoms with Crippen molar-refractivity contribution in [2.45, 2.75) is 25.9 Å². The van der Waals surface area contributed by atoms with E-state index in [1.807, 2.05) is 37.3 Å². The minimum absolute atomic E-state index is 0.235. The van der Waals surface area contributed by atoms with Crippen molar-refractivity contribution in [1.82, 2.24) is 15.4 Å². The van der Waals surface area contributed by atoms with E-state index in [1.54, 1.807) is 12.0 Å². The SMILES string of the molecule is CCOC(=O)N1CC[C@@H](NCc2cc(-c3ccc(OC)cc3)no2)C1. The van der Waals surface area contributed by atoms with E-state index in [9.17, 15) is 4.79 Å². The summed E-state index contributed by atoms with van der Waals surface area (Å²) in [6, 6.07) is 9.84. The van der Waals surface area contributed by atoms with Crippen LogP contribution < -0.4 is 10.1 Å². The van der Waals surface area contributed by atoms with Crippen LogP contribution in [-0.4, -0.2) is 49.0 Å². The van der Waals surface area contributed by atoms with Crippen molar-refractivity contribution in [1.29, 1.82) is 0 Å². The standard InChI is InChI=1S/C18H23N3O4/c1-3-24-18(22)21-9-8-14(12-21)19-11-16-10-17(20-25-16)13-4-6-15(23-2)7-5-13/h4-7,10,14,19H,3,8-9,11-12H2,1-2H3/t14-/m1/s1. The highest BCUT2D eigenvalue weighted by atomic mass is 16.6. The van der Waals surface area contributed by atoms with E-state index in [0.717, 1.165) is 29.2 Å². The number of ether oxygens (including phenoxy) is 2. The Balaban J connectivity index is 1.51. The van der Waals surface area contributed by atoms with E-state index in [2.05, 4.69) is 10.5 Å². The summed E-state index contributed by atoms with van der Waals surface area (Å²) in [5.41, 5.74) is 1.77. The van der Waals surface area contributed by atoms with Gasteiger partial charge in [-0.05, 0) is 37.6 Å². The van der Waals surface area contributed by atoms with Crippen molar-refractivity contribution in [3.63, 3.8) is 0 Å². The fourth-order valence-corrected chi connectivity index (χ4v) is 2.85. The molecule has 1 saturated heterocycles. The average Bonchev–Trinajstić information content (AvgIpc) is 3.30. The normalized spacial score (nSPS) is 16.9. The molecule has 25 heavy (non-hydrogen) atoms. The predicted molar refractivity (Wildman–Crippen MR) is 92.3 cm³/mol. The molecule has 134 valence electrons. The molecule has 1 aliphatic heterocycles. The Hall–Kier alpha value is -2.54. The van der Waals surface area contributed by atoms with Crippen LogP contribution in [0, 0.1) is 0 Å². The number of nitrogens with zero attached hydrogens (tertiary/aromatic N) is 2. The zero-order valence-corrected chi connectivity index (χ0v) is 14.5. The van der Waals surface area contributed by atoms with Gasteiger partial charge in [-0.3, -0.25) is 0 Å². The van der Waals surface area contributed by atoms with Crippen LogP contribution in [-0.2, 0) is 11.3 Å². The summed E-state index contributed by atoms with van der Waals surface area (Å²) >= 11 is 0. The second-order valence-corrected chi connectivity index (χ2v) is 5.92. The van der Waals surface area contributed by atoms with Gasteiger partial charge in [0.2, 0.25) is 0 Å². The van der Waals surface area contributed by atoms with Crippen LogP contribution in [0.3, 0.4) is 0 Å². The molecular formula is C18H23N3O4. The highest BCUT2D eigenvalue weighted by Crippen LogP contribution is 2.22. The van der Waals surface area contributed by atoms with Crippen LogP contribution in [0.4, 0.5) is 4.79 Å². The van der Waals surface area contributed by atoms with Crippen LogP contribution >= 0.6 is 0 Å². The number of benzene rings is 1. The molecule has 0 radical (unpaired) electrons. The molecule has 7 nitrogen and oxygen atoms in total. The maximum Gasteiger partial charge on any atom is 0.409 e. The minimum atomic E-state index is -0.242. The second-order valence-electron chi connectivity index (χ2n) is 5.92. The first kappa shape index (κ1) is 17.3. The number of nitrogens with one attached hydrogen (secondary N) is 1. The maximum atomic E-state index is 11.7. The van der Waals surface area contributed by atoms with E-state index in [0.29, 0.717) is 26.2 Å². The van der Waals surface area contributed by atoms with E-state index in [4.69, 9.17) is 14.0 Å². The summed E-state index contributed by atoms with van der Waals surface area (Å²) in [6.45, 7) is 4.15. The van der Waals surface area contributed by atoms with Crippen LogP contribution in [0.15, 0.2) is 34.9 Å². The summed E-state index contributed by atoms with van der Waals surface area (Å²) in [6.07, 6.45) is 0.659. The Morgan fingerprint density at radius 3 is 2.92 bits per heavy atom. The lowest BCUT2D eigenvalue weighted by molar-refractivity contribution is 0.115. The van der Waals surface area contributed by atoms with Gasteiger partial charge in [-0.1, -0.05) is 5.16 Å². The molecule has 3 rings (SSSR count). The van der Waals surface area contributed by atoms with Gasteiger partial charge in [0.25, 0.3) is 0 Å². The first-order valence-electron chi connectivity index (χ1n) is 8.44. The Morgan fingerprint density at radius 1 is 1.40 bits per heavy atom. The molecule has 1 atom stereocenters. The number of rotatable bonds is 6. The van der Waals surface area contributed by atoms with Gasteiger partial charge in [-0.25, -0.2) is 4.79 Å². The van der Waals surface area contributed by atoms with Crippen LogP contribution in [0.1, 0.15) is 19.1 Å². The number of carbonyl (C=O) groups excluding carboxylic acids is 1. The number of hydrogen-bond donors (Lipinski definition) is 1. The molecule has 0 bridgehead atoms. The summed E-state index contributed by atoms with van der Waals surface area (Å²) in [4.78, 5) is 13.4. The summed E-state index contributed by atoms with van der Waals surface area (Å²) in [5.74, 6) is 1.57. The van der Waals surface area contributed by atoms with Gasteiger partial charge in [-0.2, -0.15) is 0 Å². The average molecular weight is 345 g/mol. The van der Waals surface area contributed by atoms with E-state index in [1.165, 1.54) is 0 Å². The Bertz CT molecular complexity index is 699. The molecule has 0 spiro atoms. The van der Waals surface area contributed by atoms with Crippen molar-refractivity contribution < 1.29 is 18.8 Å². The molecule has 1 fully saturated rings. The molecule has 1 N–H and O–H groups in total. The van der Waals surface area contributed by atoms with Crippen molar-refractivity contribution in [3.05, 3.63) is 36.1 Å². The van der Waals surface area contributed by atoms with E-state index >= 15 is 0 Å². The highest BCUT2D eigenvalue weighted by molar-refractivity contribution is 5.68. The maximum absolute atomic E-state index is 11.7. The molecule has 1 aromatic carbocycles. The number of methoxy groups -OCH3 is 1. The van der Waals surface area contributed by atoms with Gasteiger partial charge >= 0.3 is 6.09 Å². The number of hydrogen-bond acceptors (Lipinski definition) is 6. The van der Waals surface area contributed by atoms with Crippen LogP contribution in [0.25, 0.3) is 11.3 Å². The molecule has 1 aromatic heterocycles. The number of aromatic nitrogens is 1. The van der Waals surface area contributed by atoms with Crippen LogP contribution in [0.5, 0.6) is 5.75 Å². The Morgan fingerprint density at radius 2 is 2.20 bits per heavy atom. The minimum Gasteiger partial charge on any atom is -0.497 e. The summed E-state index contributed by atoms with van der Waals surface area (Å²) in [5, 5.41) is 7.52. The van der Waals surface area contributed by atoms with Gasteiger partial charge < -0.3 is 24.2 Å². The third-order valence-electron chi connectivity index (χ3n) is 4.22. The fourth-order valence-electron chi connectivity index (χ4n) is 2.85. The van der Waals surface area contributed by atoms with Crippen molar-refractivity contribution in [3.8, 4) is 17.0 Å². The molecular weight excluding hydrogens is 322 g/mol. The number of carbonyl (C=O) groups is 1. The number of amides is 1. The van der Waals surface area contributed by atoms with Crippen LogP contribution in [0.2, 0.25) is 0 Å². The van der Waals surface area contributed by atoms with Crippen molar-refractivity contribution in [2.24, 2.45) is 0 Å². The van der Waals surface area contributed by atoms with Gasteiger partial charge in [0, 0.05) is 30.8 Å². The van der Waals surface area contributed by atoms with Crippen molar-refractivity contribution in [2.75, 3.05) is 26.8 Å². The lowest BCUT2D eigenvalue weighted by Gasteiger charge is -2.15. The first-order chi connectivity index (χ1) is 12.2. The van der Waals surface area contributed by atoms with Gasteiger partial charge in [0.15, 0.2) is 5.76 Å². The molecule has 2 heterocycles. The van der Waals surface area contributed by atoms with Crippen molar-refractivity contribution >= 4 is 6.09 Å². The van der Waals surface area contributed by atoms with E-state index in [-0.39, 0.29) is 12.1 Å². The quantitative estimate of drug-likeness (QED) is 0.867. The Labute approximate surface area is 146 Å². The van der Waals surface area contributed by atoms with E-state index < -0.39 is 0 Å². The fraction of sp³-hybridized carbons (Fsp3) is 0.444. The molecule has 0 aliphatic carbocycles. The van der Waals surface area contributed by atoms with Gasteiger partial charge in [-0.15, -0.1) is 0 Å². The lowest BCUT2D eigenvalue weighted by atomic mass is 10.1. The Kier molecular flexibility index (Phi) is 5.55. The molecule has 7 heteroatoms. The molecule has 1 aliphatic rings. The third-order valence-corrected chi connectivity index (χ3v) is 4.22. The summed E-state index contributed by atoms with van der Waals surface area (Å²) < 4.78 is 15.6. The summed E-state index contributed by atoms with van der Waals surface area (Å²) in [7, 11) is 1.64. The first-order valence-corrected chi connectivity index (χ1v) is 8.44. The number of likely N-dealkylation sites (tertiary alicyclic amines) is 1. The highest BCUT2D eigenvalue weighted by Gasteiger charge is 2.26. The lowest BCUT2D eigenvalue weighted by Crippen LogP contribution is -2.35. The monoisotopic (exact) mass is 345 g/mol. The van der Waals surface area contributed by atoms with Gasteiger partial charge in [0.05, 0.1) is 20.3 Å². The molecule has 0 saturated carbocycles. The molecule has 2 aromatic rings.